The summed E-state index contributed by atoms with van der Waals surface area (Å²) >= 11 is 0. The Morgan fingerprint density at radius 1 is 0.900 bits per heavy atom. The number of hydrogen-bond acceptors (Lipinski definition) is 4. The molecule has 0 aliphatic heterocycles. The summed E-state index contributed by atoms with van der Waals surface area (Å²) < 4.78 is 27.2. The minimum atomic E-state index is -3.37. The van der Waals surface area contributed by atoms with Gasteiger partial charge in [0, 0.05) is 6.54 Å². The summed E-state index contributed by atoms with van der Waals surface area (Å²) in [6.45, 7) is 2.66. The fourth-order valence-electron chi connectivity index (χ4n) is 1.98. The Labute approximate surface area is 158 Å². The second-order valence-electron chi connectivity index (χ2n) is 5.05. The third-order valence-corrected chi connectivity index (χ3v) is 4.39. The van der Waals surface area contributed by atoms with Crippen LogP contribution in [0.5, 0.6) is 0 Å². The number of nitrogens with two attached hydrogens (primary N) is 1. The first-order valence-corrected chi connectivity index (χ1v) is 9.27. The smallest absolute Gasteiger partial charge is 1.00 e. The molecule has 0 spiro atoms. The molecule has 20 heavy (non-hydrogen) atoms. The van der Waals surface area contributed by atoms with E-state index in [1.807, 2.05) is 0 Å². The molecule has 6 heteroatoms. The van der Waals surface area contributed by atoms with Crippen molar-refractivity contribution in [3.05, 3.63) is 0 Å². The average Bonchev–Trinajstić information content (AvgIpc) is 2.36. The number of hydrogen-bond donors (Lipinski definition) is 1. The van der Waals surface area contributed by atoms with E-state index in [0.29, 0.717) is 6.61 Å². The molecular weight excluding hydrogens is 302 g/mol. The molecule has 0 atom stereocenters. The largest absolute Gasteiger partial charge is 2.00 e. The van der Waals surface area contributed by atoms with E-state index in [2.05, 4.69) is 6.92 Å². The zero-order valence-electron chi connectivity index (χ0n) is 15.1. The van der Waals surface area contributed by atoms with Crippen LogP contribution < -0.4 is 5.73 Å². The molecule has 120 valence electrons. The van der Waals surface area contributed by atoms with Crippen molar-refractivity contribution < 1.29 is 15.5 Å². The molecule has 0 bridgehead atoms. The summed E-state index contributed by atoms with van der Waals surface area (Å²) in [6.07, 6.45) is 12.3. The van der Waals surface area contributed by atoms with Crippen molar-refractivity contribution >= 4 is 47.9 Å². The van der Waals surface area contributed by atoms with Crippen molar-refractivity contribution in [1.82, 2.24) is 0 Å². The van der Waals surface area contributed by atoms with E-state index in [1.54, 1.807) is 0 Å². The van der Waals surface area contributed by atoms with Crippen LogP contribution in [0.1, 0.15) is 74.0 Å². The SMILES string of the molecule is CCCCCCCCCCCCOS(=O)(=O)CCN.[Ca+2].[H-].[H-]. The summed E-state index contributed by atoms with van der Waals surface area (Å²) in [5.74, 6) is -0.0786. The van der Waals surface area contributed by atoms with Crippen LogP contribution in [0.25, 0.3) is 0 Å². The van der Waals surface area contributed by atoms with Crippen LogP contribution in [0.4, 0.5) is 0 Å². The normalized spacial score (nSPS) is 11.3. The third-order valence-electron chi connectivity index (χ3n) is 3.13. The van der Waals surface area contributed by atoms with E-state index < -0.39 is 10.1 Å². The van der Waals surface area contributed by atoms with E-state index in [4.69, 9.17) is 9.92 Å². The zero-order chi connectivity index (χ0) is 14.4. The third kappa shape index (κ3) is 17.2. The van der Waals surface area contributed by atoms with Crippen LogP contribution >= 0.6 is 0 Å². The topological polar surface area (TPSA) is 69.4 Å². The van der Waals surface area contributed by atoms with Gasteiger partial charge in [-0.25, -0.2) is 0 Å². The van der Waals surface area contributed by atoms with Gasteiger partial charge in [-0.1, -0.05) is 64.7 Å². The van der Waals surface area contributed by atoms with Gasteiger partial charge in [0.1, 0.15) is 0 Å². The quantitative estimate of drug-likeness (QED) is 0.301. The maximum Gasteiger partial charge on any atom is 2.00 e. The molecule has 0 unspecified atom stereocenters. The van der Waals surface area contributed by atoms with Crippen LogP contribution in [0.3, 0.4) is 0 Å². The van der Waals surface area contributed by atoms with E-state index >= 15 is 0 Å². The molecule has 0 aliphatic carbocycles. The number of unbranched alkanes of at least 4 members (excludes halogenated alkanes) is 9. The van der Waals surface area contributed by atoms with Crippen molar-refractivity contribution in [3.63, 3.8) is 0 Å². The molecule has 0 fully saturated rings. The maximum atomic E-state index is 11.2. The molecule has 0 radical (unpaired) electrons. The van der Waals surface area contributed by atoms with Gasteiger partial charge in [0.25, 0.3) is 10.1 Å². The Morgan fingerprint density at radius 3 is 1.80 bits per heavy atom. The second-order valence-corrected chi connectivity index (χ2v) is 6.81. The summed E-state index contributed by atoms with van der Waals surface area (Å²) in [7, 11) is -3.37. The van der Waals surface area contributed by atoms with Crippen molar-refractivity contribution in [2.24, 2.45) is 5.73 Å². The molecule has 4 nitrogen and oxygen atoms in total. The monoisotopic (exact) mass is 335 g/mol. The molecule has 0 aromatic carbocycles. The Kier molecular flexibility index (Phi) is 19.3. The predicted molar refractivity (Wildman–Crippen MR) is 88.6 cm³/mol. The standard InChI is InChI=1S/C14H31NO3S.Ca.2H/c1-2-3-4-5-6-7-8-9-10-11-13-18-19(16,17)14-12-15;;;/h2-15H2,1H3;;;/q;+2;2*-1. The van der Waals surface area contributed by atoms with Crippen LogP contribution in [-0.2, 0) is 14.3 Å². The molecule has 0 saturated carbocycles. The van der Waals surface area contributed by atoms with Gasteiger partial charge in [-0.2, -0.15) is 8.42 Å². The first-order valence-electron chi connectivity index (χ1n) is 7.69. The van der Waals surface area contributed by atoms with Crippen molar-refractivity contribution in [1.29, 1.82) is 0 Å². The predicted octanol–water partition coefficient (Wildman–Crippen LogP) is 3.06. The fraction of sp³-hybridized carbons (Fsp3) is 1.00. The van der Waals surface area contributed by atoms with Gasteiger partial charge in [0.15, 0.2) is 0 Å². The maximum absolute atomic E-state index is 11.2. The van der Waals surface area contributed by atoms with Crippen molar-refractivity contribution in [2.75, 3.05) is 18.9 Å². The molecule has 0 saturated heterocycles. The van der Waals surface area contributed by atoms with Crippen LogP contribution in [0.15, 0.2) is 0 Å². The first-order chi connectivity index (χ1) is 9.12. The molecule has 2 N–H and O–H groups in total. The van der Waals surface area contributed by atoms with Gasteiger partial charge in [0.2, 0.25) is 0 Å². The average molecular weight is 336 g/mol. The van der Waals surface area contributed by atoms with Gasteiger partial charge in [-0.05, 0) is 6.42 Å². The van der Waals surface area contributed by atoms with Crippen LogP contribution in [-0.4, -0.2) is 65.1 Å². The molecule has 0 heterocycles. The molecule has 0 amide bonds. The minimum absolute atomic E-state index is 0. The molecule has 0 aromatic heterocycles. The molecular formula is C14H33CaNO3S. The molecule has 0 aliphatic rings. The minimum Gasteiger partial charge on any atom is -1.00 e. The van der Waals surface area contributed by atoms with Crippen LogP contribution in [0.2, 0.25) is 0 Å². The first kappa shape index (κ1) is 23.4. The van der Waals surface area contributed by atoms with Gasteiger partial charge >= 0.3 is 37.7 Å². The van der Waals surface area contributed by atoms with Crippen molar-refractivity contribution in [3.8, 4) is 0 Å². The molecule has 0 aromatic rings. The Bertz CT molecular complexity index is 294. The summed E-state index contributed by atoms with van der Waals surface area (Å²) in [6, 6.07) is 0. The summed E-state index contributed by atoms with van der Waals surface area (Å²) in [5.41, 5.74) is 5.18. The number of rotatable bonds is 14. The molecule has 0 rings (SSSR count). The van der Waals surface area contributed by atoms with Gasteiger partial charge in [-0.15, -0.1) is 0 Å². The van der Waals surface area contributed by atoms with Gasteiger partial charge < -0.3 is 8.59 Å². The Morgan fingerprint density at radius 2 is 1.35 bits per heavy atom. The van der Waals surface area contributed by atoms with Crippen LogP contribution in [0, 0.1) is 0 Å². The van der Waals surface area contributed by atoms with Gasteiger partial charge in [-0.3, -0.25) is 4.18 Å². The van der Waals surface area contributed by atoms with E-state index in [1.165, 1.54) is 51.4 Å². The summed E-state index contributed by atoms with van der Waals surface area (Å²) in [4.78, 5) is 0. The Hall–Kier alpha value is 1.13. The van der Waals surface area contributed by atoms with E-state index in [9.17, 15) is 8.42 Å². The second kappa shape index (κ2) is 16.5. The Balaban J connectivity index is -0.000000540. The van der Waals surface area contributed by atoms with Crippen molar-refractivity contribution in [2.45, 2.75) is 71.1 Å². The fourth-order valence-corrected chi connectivity index (χ4v) is 2.76. The zero-order valence-corrected chi connectivity index (χ0v) is 16.1. The van der Waals surface area contributed by atoms with Gasteiger partial charge in [0.05, 0.1) is 12.4 Å². The summed E-state index contributed by atoms with van der Waals surface area (Å²) in [5, 5.41) is 0. The van der Waals surface area contributed by atoms with E-state index in [0.717, 1.165) is 12.8 Å². The van der Waals surface area contributed by atoms with E-state index in [-0.39, 0.29) is 52.9 Å².